The molecular formula is C13H13Br2N3O. The number of carbonyl (C=O) groups excluding carboxylic acids is 1. The molecule has 0 spiro atoms. The third kappa shape index (κ3) is 3.30. The Labute approximate surface area is 128 Å². The zero-order valence-electron chi connectivity index (χ0n) is 10.6. The van der Waals surface area contributed by atoms with Crippen molar-refractivity contribution in [3.05, 3.63) is 44.9 Å². The number of hydrogen-bond acceptors (Lipinski definition) is 3. The summed E-state index contributed by atoms with van der Waals surface area (Å²) in [6, 6.07) is 5.74. The van der Waals surface area contributed by atoms with Crippen LogP contribution in [0.2, 0.25) is 0 Å². The van der Waals surface area contributed by atoms with Crippen LogP contribution in [0.3, 0.4) is 0 Å². The monoisotopic (exact) mass is 385 g/mol. The second-order valence-electron chi connectivity index (χ2n) is 4.44. The van der Waals surface area contributed by atoms with Crippen LogP contribution in [0.4, 0.5) is 0 Å². The van der Waals surface area contributed by atoms with Crippen molar-refractivity contribution in [3.63, 3.8) is 0 Å². The first-order valence-electron chi connectivity index (χ1n) is 5.85. The van der Waals surface area contributed by atoms with Crippen LogP contribution in [0, 0.1) is 0 Å². The molecule has 6 heteroatoms. The first kappa shape index (κ1) is 14.4. The van der Waals surface area contributed by atoms with E-state index < -0.39 is 0 Å². The number of ketones is 1. The number of nitrogens with zero attached hydrogens (tertiary/aromatic N) is 3. The molecule has 0 aliphatic heterocycles. The second-order valence-corrected chi connectivity index (χ2v) is 6.21. The fraction of sp³-hybridized carbons (Fsp3) is 0.308. The average molecular weight is 387 g/mol. The van der Waals surface area contributed by atoms with Crippen molar-refractivity contribution in [3.8, 4) is 0 Å². The van der Waals surface area contributed by atoms with Crippen LogP contribution in [0.15, 0.2) is 33.5 Å². The zero-order valence-corrected chi connectivity index (χ0v) is 13.8. The Morgan fingerprint density at radius 3 is 2.79 bits per heavy atom. The summed E-state index contributed by atoms with van der Waals surface area (Å²) in [6.45, 7) is 4.02. The lowest BCUT2D eigenvalue weighted by Gasteiger charge is -2.09. The molecule has 0 N–H and O–H groups in total. The van der Waals surface area contributed by atoms with Crippen molar-refractivity contribution >= 4 is 37.6 Å². The molecule has 1 aromatic carbocycles. The van der Waals surface area contributed by atoms with Gasteiger partial charge in [-0.3, -0.25) is 4.79 Å². The van der Waals surface area contributed by atoms with Gasteiger partial charge >= 0.3 is 0 Å². The minimum Gasteiger partial charge on any atom is -0.294 e. The van der Waals surface area contributed by atoms with Gasteiger partial charge in [-0.05, 0) is 32.0 Å². The number of hydrogen-bond donors (Lipinski definition) is 0. The van der Waals surface area contributed by atoms with Gasteiger partial charge in [-0.2, -0.15) is 5.10 Å². The van der Waals surface area contributed by atoms with Crippen LogP contribution in [-0.2, 0) is 6.42 Å². The molecule has 0 amide bonds. The van der Waals surface area contributed by atoms with Gasteiger partial charge in [-0.15, -0.1) is 0 Å². The number of Topliss-reactive ketones (excluding diaryl/α,β-unsaturated/α-hetero) is 1. The van der Waals surface area contributed by atoms with Crippen molar-refractivity contribution in [2.24, 2.45) is 0 Å². The summed E-state index contributed by atoms with van der Waals surface area (Å²) in [7, 11) is 0. The summed E-state index contributed by atoms with van der Waals surface area (Å²) in [6.07, 6.45) is 1.73. The van der Waals surface area contributed by atoms with Gasteiger partial charge in [0.05, 0.1) is 6.42 Å². The fourth-order valence-electron chi connectivity index (χ4n) is 1.78. The molecule has 0 aliphatic rings. The topological polar surface area (TPSA) is 47.8 Å². The highest BCUT2D eigenvalue weighted by Crippen LogP contribution is 2.23. The third-order valence-electron chi connectivity index (χ3n) is 2.68. The maximum Gasteiger partial charge on any atom is 0.171 e. The van der Waals surface area contributed by atoms with E-state index in [1.54, 1.807) is 4.68 Å². The highest BCUT2D eigenvalue weighted by molar-refractivity contribution is 9.11. The number of aromatic nitrogens is 3. The van der Waals surface area contributed by atoms with Crippen LogP contribution >= 0.6 is 31.9 Å². The lowest BCUT2D eigenvalue weighted by Crippen LogP contribution is -2.13. The lowest BCUT2D eigenvalue weighted by atomic mass is 10.1. The van der Waals surface area contributed by atoms with E-state index in [4.69, 9.17) is 0 Å². The molecule has 19 heavy (non-hydrogen) atoms. The summed E-state index contributed by atoms with van der Waals surface area (Å²) in [4.78, 5) is 16.5. The molecule has 0 unspecified atom stereocenters. The van der Waals surface area contributed by atoms with E-state index in [1.165, 1.54) is 6.33 Å². The van der Waals surface area contributed by atoms with E-state index in [0.29, 0.717) is 11.4 Å². The zero-order chi connectivity index (χ0) is 14.0. The Morgan fingerprint density at radius 1 is 1.37 bits per heavy atom. The molecule has 100 valence electrons. The van der Waals surface area contributed by atoms with Gasteiger partial charge < -0.3 is 0 Å². The Balaban J connectivity index is 2.26. The Hall–Kier alpha value is -1.01. The molecule has 4 nitrogen and oxygen atoms in total. The summed E-state index contributed by atoms with van der Waals surface area (Å²) < 4.78 is 3.43. The predicted molar refractivity (Wildman–Crippen MR) is 80.3 cm³/mol. The number of halogens is 2. The van der Waals surface area contributed by atoms with Gasteiger partial charge in [0.2, 0.25) is 0 Å². The van der Waals surface area contributed by atoms with Crippen LogP contribution in [0.1, 0.15) is 36.1 Å². The van der Waals surface area contributed by atoms with Crippen molar-refractivity contribution in [2.75, 3.05) is 0 Å². The molecule has 1 heterocycles. The highest BCUT2D eigenvalue weighted by Gasteiger charge is 2.16. The predicted octanol–water partition coefficient (Wildman–Crippen LogP) is 3.81. The summed E-state index contributed by atoms with van der Waals surface area (Å²) >= 11 is 6.77. The molecule has 0 bridgehead atoms. The van der Waals surface area contributed by atoms with E-state index in [0.717, 1.165) is 8.95 Å². The standard InChI is InChI=1S/C13H13Br2N3O/c1-8(2)18-13(16-7-17-18)6-12(19)10-5-9(14)3-4-11(10)15/h3-5,7-8H,6H2,1-2H3. The van der Waals surface area contributed by atoms with Crippen molar-refractivity contribution < 1.29 is 4.79 Å². The summed E-state index contributed by atoms with van der Waals surface area (Å²) in [5, 5.41) is 4.13. The normalized spacial score (nSPS) is 11.0. The first-order valence-corrected chi connectivity index (χ1v) is 7.44. The Bertz CT molecular complexity index is 608. The minimum atomic E-state index is 0.0167. The molecule has 0 fully saturated rings. The molecule has 2 rings (SSSR count). The maximum absolute atomic E-state index is 12.3. The van der Waals surface area contributed by atoms with E-state index in [-0.39, 0.29) is 18.2 Å². The van der Waals surface area contributed by atoms with Crippen molar-refractivity contribution in [2.45, 2.75) is 26.3 Å². The van der Waals surface area contributed by atoms with Gasteiger partial charge in [-0.1, -0.05) is 31.9 Å². The van der Waals surface area contributed by atoms with Crippen LogP contribution < -0.4 is 0 Å². The molecule has 0 radical (unpaired) electrons. The van der Waals surface area contributed by atoms with E-state index in [2.05, 4.69) is 41.9 Å². The van der Waals surface area contributed by atoms with Gasteiger partial charge in [0.25, 0.3) is 0 Å². The number of carbonyl (C=O) groups is 1. The fourth-order valence-corrected chi connectivity index (χ4v) is 2.61. The van der Waals surface area contributed by atoms with Crippen LogP contribution in [0.5, 0.6) is 0 Å². The van der Waals surface area contributed by atoms with Crippen molar-refractivity contribution in [1.29, 1.82) is 0 Å². The van der Waals surface area contributed by atoms with Crippen LogP contribution in [-0.4, -0.2) is 20.5 Å². The molecule has 0 atom stereocenters. The first-order chi connectivity index (χ1) is 8.99. The van der Waals surface area contributed by atoms with Crippen LogP contribution in [0.25, 0.3) is 0 Å². The average Bonchev–Trinajstić information content (AvgIpc) is 2.80. The summed E-state index contributed by atoms with van der Waals surface area (Å²) in [5.41, 5.74) is 0.646. The molecule has 0 saturated heterocycles. The van der Waals surface area contributed by atoms with Crippen molar-refractivity contribution in [1.82, 2.24) is 14.8 Å². The van der Waals surface area contributed by atoms with Gasteiger partial charge in [0.1, 0.15) is 12.2 Å². The van der Waals surface area contributed by atoms with E-state index in [9.17, 15) is 4.79 Å². The molecule has 1 aromatic heterocycles. The quantitative estimate of drug-likeness (QED) is 0.750. The number of rotatable bonds is 4. The highest BCUT2D eigenvalue weighted by atomic mass is 79.9. The Morgan fingerprint density at radius 2 is 2.11 bits per heavy atom. The minimum absolute atomic E-state index is 0.0167. The molecule has 0 saturated carbocycles. The molecular weight excluding hydrogens is 374 g/mol. The third-order valence-corrected chi connectivity index (χ3v) is 3.87. The van der Waals surface area contributed by atoms with Gasteiger partial charge in [0, 0.05) is 20.6 Å². The largest absolute Gasteiger partial charge is 0.294 e. The van der Waals surface area contributed by atoms with E-state index in [1.807, 2.05) is 32.0 Å². The van der Waals surface area contributed by atoms with E-state index >= 15 is 0 Å². The van der Waals surface area contributed by atoms with Gasteiger partial charge in [0.15, 0.2) is 5.78 Å². The maximum atomic E-state index is 12.3. The Kier molecular flexibility index (Phi) is 4.52. The SMILES string of the molecule is CC(C)n1ncnc1CC(=O)c1cc(Br)ccc1Br. The summed E-state index contributed by atoms with van der Waals surface area (Å²) in [5.74, 6) is 0.704. The second kappa shape index (κ2) is 5.96. The number of benzene rings is 1. The molecule has 0 aliphatic carbocycles. The lowest BCUT2D eigenvalue weighted by molar-refractivity contribution is 0.0988. The van der Waals surface area contributed by atoms with Gasteiger partial charge in [-0.25, -0.2) is 9.67 Å². The molecule has 2 aromatic rings. The smallest absolute Gasteiger partial charge is 0.171 e.